The smallest absolute Gasteiger partial charge is 0.251 e. The second kappa shape index (κ2) is 6.63. The van der Waals surface area contributed by atoms with E-state index >= 15 is 0 Å². The fourth-order valence-electron chi connectivity index (χ4n) is 3.52. The van der Waals surface area contributed by atoms with E-state index in [1.807, 2.05) is 18.2 Å². The van der Waals surface area contributed by atoms with E-state index < -0.39 is 0 Å². The lowest BCUT2D eigenvalue weighted by Gasteiger charge is -2.07. The van der Waals surface area contributed by atoms with Crippen LogP contribution in [-0.4, -0.2) is 24.0 Å². The minimum atomic E-state index is -0.0243. The van der Waals surface area contributed by atoms with Crippen molar-refractivity contribution in [1.29, 1.82) is 0 Å². The van der Waals surface area contributed by atoms with Crippen LogP contribution in [0.2, 0.25) is 0 Å². The number of aromatic amines is 1. The van der Waals surface area contributed by atoms with E-state index in [2.05, 4.69) is 41.6 Å². The van der Waals surface area contributed by atoms with Gasteiger partial charge in [0.15, 0.2) is 0 Å². The summed E-state index contributed by atoms with van der Waals surface area (Å²) in [5, 5.41) is 4.28. The van der Waals surface area contributed by atoms with Gasteiger partial charge in [0, 0.05) is 35.6 Å². The molecule has 0 saturated carbocycles. The lowest BCUT2D eigenvalue weighted by atomic mass is 10.1. The first-order valence-corrected chi connectivity index (χ1v) is 8.88. The number of hydrogen-bond acceptors (Lipinski definition) is 2. The number of rotatable bonds is 5. The molecule has 1 aromatic heterocycles. The van der Waals surface area contributed by atoms with Crippen molar-refractivity contribution in [3.05, 3.63) is 64.8 Å². The van der Waals surface area contributed by atoms with Crippen molar-refractivity contribution in [2.75, 3.05) is 13.2 Å². The van der Waals surface area contributed by atoms with Gasteiger partial charge in [0.1, 0.15) is 5.75 Å². The van der Waals surface area contributed by atoms with E-state index in [9.17, 15) is 4.79 Å². The van der Waals surface area contributed by atoms with Crippen molar-refractivity contribution in [1.82, 2.24) is 10.3 Å². The van der Waals surface area contributed by atoms with Gasteiger partial charge in [0.2, 0.25) is 0 Å². The predicted octanol–water partition coefficient (Wildman–Crippen LogP) is 3.64. The van der Waals surface area contributed by atoms with Crippen LogP contribution >= 0.6 is 0 Å². The zero-order chi connectivity index (χ0) is 17.2. The van der Waals surface area contributed by atoms with Gasteiger partial charge >= 0.3 is 0 Å². The quantitative estimate of drug-likeness (QED) is 0.748. The molecule has 1 aliphatic heterocycles. The van der Waals surface area contributed by atoms with Gasteiger partial charge in [-0.05, 0) is 47.7 Å². The molecule has 0 aliphatic carbocycles. The van der Waals surface area contributed by atoms with Crippen LogP contribution in [-0.2, 0) is 19.3 Å². The van der Waals surface area contributed by atoms with Gasteiger partial charge in [-0.15, -0.1) is 0 Å². The Bertz CT molecular complexity index is 927. The molecule has 25 heavy (non-hydrogen) atoms. The van der Waals surface area contributed by atoms with E-state index in [1.54, 1.807) is 0 Å². The molecule has 1 amide bonds. The Morgan fingerprint density at radius 1 is 1.24 bits per heavy atom. The number of aromatic nitrogens is 1. The summed E-state index contributed by atoms with van der Waals surface area (Å²) in [4.78, 5) is 15.8. The molecule has 0 fully saturated rings. The normalized spacial score (nSPS) is 12.8. The van der Waals surface area contributed by atoms with Crippen molar-refractivity contribution in [2.45, 2.75) is 26.2 Å². The van der Waals surface area contributed by atoms with E-state index in [1.165, 1.54) is 22.0 Å². The van der Waals surface area contributed by atoms with Crippen LogP contribution in [0.5, 0.6) is 5.75 Å². The predicted molar refractivity (Wildman–Crippen MR) is 99.4 cm³/mol. The van der Waals surface area contributed by atoms with Crippen LogP contribution in [0.15, 0.2) is 42.6 Å². The monoisotopic (exact) mass is 334 g/mol. The number of para-hydroxylation sites is 1. The first-order valence-electron chi connectivity index (χ1n) is 8.88. The lowest BCUT2D eigenvalue weighted by molar-refractivity contribution is 0.0954. The Kier molecular flexibility index (Phi) is 4.18. The summed E-state index contributed by atoms with van der Waals surface area (Å²) in [6, 6.07) is 12.1. The summed E-state index contributed by atoms with van der Waals surface area (Å²) < 4.78 is 5.49. The summed E-state index contributed by atoms with van der Waals surface area (Å²) in [5.41, 5.74) is 5.61. The maximum absolute atomic E-state index is 12.4. The Labute approximate surface area is 147 Å². The maximum atomic E-state index is 12.4. The number of carbonyl (C=O) groups is 1. The number of benzene rings is 2. The Balaban J connectivity index is 1.42. The number of amides is 1. The third-order valence-corrected chi connectivity index (χ3v) is 4.90. The highest BCUT2D eigenvalue weighted by Gasteiger charge is 2.15. The molecule has 4 heteroatoms. The third-order valence-electron chi connectivity index (χ3n) is 4.90. The largest absolute Gasteiger partial charge is 0.493 e. The lowest BCUT2D eigenvalue weighted by Crippen LogP contribution is -2.25. The fraction of sp³-hybridized carbons (Fsp3) is 0.286. The van der Waals surface area contributed by atoms with Crippen LogP contribution < -0.4 is 10.1 Å². The highest BCUT2D eigenvalue weighted by Crippen LogP contribution is 2.26. The molecule has 0 bridgehead atoms. The molecule has 2 N–H and O–H groups in total. The zero-order valence-electron chi connectivity index (χ0n) is 14.4. The molecule has 3 aromatic rings. The number of hydrogen-bond donors (Lipinski definition) is 2. The number of carbonyl (C=O) groups excluding carboxylic acids is 1. The molecule has 0 unspecified atom stereocenters. The Hall–Kier alpha value is -2.75. The van der Waals surface area contributed by atoms with Crippen LogP contribution in [0.25, 0.3) is 10.9 Å². The van der Waals surface area contributed by atoms with Crippen LogP contribution in [0.3, 0.4) is 0 Å². The van der Waals surface area contributed by atoms with E-state index in [4.69, 9.17) is 4.74 Å². The summed E-state index contributed by atoms with van der Waals surface area (Å²) in [6.07, 6.45) is 4.76. The first kappa shape index (κ1) is 15.8. The third kappa shape index (κ3) is 3.00. The second-order valence-corrected chi connectivity index (χ2v) is 6.43. The van der Waals surface area contributed by atoms with E-state index in [-0.39, 0.29) is 5.91 Å². The summed E-state index contributed by atoms with van der Waals surface area (Å²) >= 11 is 0. The Morgan fingerprint density at radius 2 is 2.16 bits per heavy atom. The number of ether oxygens (including phenoxy) is 1. The SMILES string of the molecule is CCc1cccc2c(CCNC(=O)c3ccc4c(c3)CCO4)c[nH]c12. The molecule has 0 atom stereocenters. The molecular formula is C21H22N2O2. The van der Waals surface area contributed by atoms with Crippen molar-refractivity contribution >= 4 is 16.8 Å². The molecule has 0 saturated heterocycles. The van der Waals surface area contributed by atoms with Crippen molar-refractivity contribution in [2.24, 2.45) is 0 Å². The van der Waals surface area contributed by atoms with Crippen LogP contribution in [0, 0.1) is 0 Å². The molecule has 2 heterocycles. The molecule has 1 aliphatic rings. The minimum Gasteiger partial charge on any atom is -0.493 e. The highest BCUT2D eigenvalue weighted by atomic mass is 16.5. The molecule has 128 valence electrons. The van der Waals surface area contributed by atoms with Crippen LogP contribution in [0.1, 0.15) is 34.0 Å². The van der Waals surface area contributed by atoms with Gasteiger partial charge in [-0.25, -0.2) is 0 Å². The summed E-state index contributed by atoms with van der Waals surface area (Å²) in [5.74, 6) is 0.880. The average Bonchev–Trinajstić information content (AvgIpc) is 3.27. The second-order valence-electron chi connectivity index (χ2n) is 6.43. The van der Waals surface area contributed by atoms with Gasteiger partial charge in [-0.1, -0.05) is 25.1 Å². The van der Waals surface area contributed by atoms with Crippen LogP contribution in [0.4, 0.5) is 0 Å². The number of nitrogens with one attached hydrogen (secondary N) is 2. The van der Waals surface area contributed by atoms with E-state index in [0.717, 1.165) is 30.6 Å². The first-order chi connectivity index (χ1) is 12.3. The molecular weight excluding hydrogens is 312 g/mol. The number of H-pyrrole nitrogens is 1. The van der Waals surface area contributed by atoms with Crippen molar-refractivity contribution in [3.8, 4) is 5.75 Å². The molecule has 2 aromatic carbocycles. The molecule has 4 rings (SSSR count). The summed E-state index contributed by atoms with van der Waals surface area (Å²) in [6.45, 7) is 3.49. The van der Waals surface area contributed by atoms with Gasteiger partial charge in [0.25, 0.3) is 5.91 Å². The van der Waals surface area contributed by atoms with Gasteiger partial charge in [-0.2, -0.15) is 0 Å². The number of fused-ring (bicyclic) bond motifs is 2. The molecule has 0 radical (unpaired) electrons. The van der Waals surface area contributed by atoms with Gasteiger partial charge in [-0.3, -0.25) is 4.79 Å². The topological polar surface area (TPSA) is 54.1 Å². The number of aryl methyl sites for hydroxylation is 1. The highest BCUT2D eigenvalue weighted by molar-refractivity contribution is 5.94. The fourth-order valence-corrected chi connectivity index (χ4v) is 3.52. The molecule has 0 spiro atoms. The van der Waals surface area contributed by atoms with E-state index in [0.29, 0.717) is 18.7 Å². The maximum Gasteiger partial charge on any atom is 0.251 e. The van der Waals surface area contributed by atoms with Crippen molar-refractivity contribution < 1.29 is 9.53 Å². The zero-order valence-corrected chi connectivity index (χ0v) is 14.4. The molecule has 4 nitrogen and oxygen atoms in total. The minimum absolute atomic E-state index is 0.0243. The average molecular weight is 334 g/mol. The summed E-state index contributed by atoms with van der Waals surface area (Å²) in [7, 11) is 0. The standard InChI is InChI=1S/C21H22N2O2/c1-2-14-4-3-5-18-17(13-23-20(14)18)8-10-22-21(24)16-6-7-19-15(12-16)9-11-25-19/h3-7,12-13,23H,2,8-11H2,1H3,(H,22,24). The Morgan fingerprint density at radius 3 is 3.04 bits per heavy atom. The van der Waals surface area contributed by atoms with Gasteiger partial charge < -0.3 is 15.0 Å². The van der Waals surface area contributed by atoms with Gasteiger partial charge in [0.05, 0.1) is 6.61 Å². The van der Waals surface area contributed by atoms with Crippen molar-refractivity contribution in [3.63, 3.8) is 0 Å².